The Morgan fingerprint density at radius 2 is 1.07 bits per heavy atom. The number of rotatable bonds is 5. The van der Waals surface area contributed by atoms with Crippen molar-refractivity contribution in [2.45, 2.75) is 0 Å². The molecule has 0 saturated carbocycles. The van der Waals surface area contributed by atoms with E-state index in [0.717, 1.165) is 77.9 Å². The summed E-state index contributed by atoms with van der Waals surface area (Å²) in [4.78, 5) is 10.4. The Morgan fingerprint density at radius 1 is 0.421 bits per heavy atom. The second-order valence-electron chi connectivity index (χ2n) is 14.5. The van der Waals surface area contributed by atoms with Gasteiger partial charge in [0.1, 0.15) is 11.2 Å². The molecule has 0 bridgehead atoms. The minimum Gasteiger partial charge on any atom is -0.455 e. The molecule has 0 spiro atoms. The molecule has 4 nitrogen and oxygen atoms in total. The van der Waals surface area contributed by atoms with Crippen molar-refractivity contribution in [2.24, 2.45) is 0 Å². The largest absolute Gasteiger partial charge is 0.455 e. The van der Waals surface area contributed by atoms with E-state index in [2.05, 4.69) is 174 Å². The second kappa shape index (κ2) is 12.6. The van der Waals surface area contributed by atoms with Gasteiger partial charge in [0.05, 0.1) is 22.4 Å². The van der Waals surface area contributed by atoms with Gasteiger partial charge in [-0.1, -0.05) is 140 Å². The summed E-state index contributed by atoms with van der Waals surface area (Å²) in [5, 5.41) is 7.05. The minimum atomic E-state index is 0.682. The first kappa shape index (κ1) is 32.0. The van der Waals surface area contributed by atoms with Gasteiger partial charge in [0.25, 0.3) is 0 Å². The van der Waals surface area contributed by atoms with E-state index in [1.54, 1.807) is 0 Å². The first-order valence-electron chi connectivity index (χ1n) is 19.1. The Kier molecular flexibility index (Phi) is 7.06. The normalized spacial score (nSPS) is 11.9. The lowest BCUT2D eigenvalue weighted by atomic mass is 9.96. The number of furan rings is 1. The van der Waals surface area contributed by atoms with Crippen molar-refractivity contribution in [3.05, 3.63) is 188 Å². The van der Waals surface area contributed by atoms with Crippen LogP contribution in [0.3, 0.4) is 0 Å². The number of nitrogens with zero attached hydrogens (tertiary/aromatic N) is 3. The van der Waals surface area contributed by atoms with Crippen LogP contribution in [0.2, 0.25) is 0 Å². The monoisotopic (exact) mass is 745 g/mol. The molecule has 0 N–H and O–H groups in total. The van der Waals surface area contributed by atoms with E-state index in [0.29, 0.717) is 5.82 Å². The van der Waals surface area contributed by atoms with Crippen LogP contribution in [0.15, 0.2) is 192 Å². The third-order valence-electron chi connectivity index (χ3n) is 11.2. The summed E-state index contributed by atoms with van der Waals surface area (Å²) in [6.45, 7) is 0. The predicted octanol–water partition coefficient (Wildman–Crippen LogP) is 14.5. The van der Waals surface area contributed by atoms with E-state index in [1.165, 1.54) is 30.9 Å². The Balaban J connectivity index is 1.14. The Bertz CT molecular complexity index is 3470. The van der Waals surface area contributed by atoms with Gasteiger partial charge in [-0.3, -0.25) is 0 Å². The number of benzene rings is 8. The van der Waals surface area contributed by atoms with Crippen LogP contribution in [-0.4, -0.2) is 14.5 Å². The van der Waals surface area contributed by atoms with Gasteiger partial charge in [-0.2, -0.15) is 0 Å². The molecule has 0 aliphatic heterocycles. The quantitative estimate of drug-likeness (QED) is 0.176. The molecule has 57 heavy (non-hydrogen) atoms. The highest BCUT2D eigenvalue weighted by Crippen LogP contribution is 2.45. The molecule has 0 atom stereocenters. The summed E-state index contributed by atoms with van der Waals surface area (Å²) >= 11 is 1.84. The van der Waals surface area contributed by atoms with Crippen LogP contribution in [0.5, 0.6) is 0 Å². The van der Waals surface area contributed by atoms with Gasteiger partial charge in [-0.05, 0) is 54.1 Å². The third-order valence-corrected chi connectivity index (χ3v) is 12.3. The number of hydrogen-bond donors (Lipinski definition) is 0. The van der Waals surface area contributed by atoms with E-state index < -0.39 is 0 Å². The van der Waals surface area contributed by atoms with Crippen LogP contribution in [0, 0.1) is 0 Å². The van der Waals surface area contributed by atoms with Crippen LogP contribution >= 0.6 is 11.3 Å². The van der Waals surface area contributed by atoms with Crippen LogP contribution < -0.4 is 0 Å². The topological polar surface area (TPSA) is 43.9 Å². The lowest BCUT2D eigenvalue weighted by Gasteiger charge is -2.13. The standard InChI is InChI=1S/C52H31N3OS/c1-3-14-32(15-4-1)43-31-44(33-16-5-2-6-17-33)54-52(53-43)34-26-27-37-36-18-7-10-22-45(36)55(46(37)28-34)35-29-41-38-19-8-11-23-47(38)56-51(41)42(30-35)39-21-13-25-49-50(39)40-20-9-12-24-48(40)57-49/h1-31H. The van der Waals surface area contributed by atoms with Crippen molar-refractivity contribution in [1.82, 2.24) is 14.5 Å². The van der Waals surface area contributed by atoms with Crippen LogP contribution in [0.25, 0.3) is 115 Å². The van der Waals surface area contributed by atoms with Gasteiger partial charge >= 0.3 is 0 Å². The maximum Gasteiger partial charge on any atom is 0.160 e. The molecule has 12 aromatic rings. The van der Waals surface area contributed by atoms with Gasteiger partial charge in [-0.25, -0.2) is 9.97 Å². The van der Waals surface area contributed by atoms with E-state index in [9.17, 15) is 0 Å². The van der Waals surface area contributed by atoms with Crippen molar-refractivity contribution in [3.63, 3.8) is 0 Å². The zero-order valence-corrected chi connectivity index (χ0v) is 31.4. The van der Waals surface area contributed by atoms with E-state index in [1.807, 2.05) is 29.5 Å². The summed E-state index contributed by atoms with van der Waals surface area (Å²) in [7, 11) is 0. The molecule has 0 fully saturated rings. The highest BCUT2D eigenvalue weighted by molar-refractivity contribution is 7.25. The van der Waals surface area contributed by atoms with Crippen molar-refractivity contribution in [1.29, 1.82) is 0 Å². The summed E-state index contributed by atoms with van der Waals surface area (Å²) in [6, 6.07) is 66.5. The Labute approximate surface area is 331 Å². The average Bonchev–Trinajstić information content (AvgIpc) is 3.96. The molecule has 0 saturated heterocycles. The zero-order valence-electron chi connectivity index (χ0n) is 30.6. The van der Waals surface area contributed by atoms with E-state index in [4.69, 9.17) is 14.4 Å². The molecule has 0 aliphatic carbocycles. The zero-order chi connectivity index (χ0) is 37.5. The molecule has 0 radical (unpaired) electrons. The van der Waals surface area contributed by atoms with E-state index in [-0.39, 0.29) is 0 Å². The molecule has 4 aromatic heterocycles. The third kappa shape index (κ3) is 5.06. The van der Waals surface area contributed by atoms with E-state index >= 15 is 0 Å². The maximum atomic E-state index is 6.77. The first-order valence-corrected chi connectivity index (χ1v) is 20.0. The molecule has 5 heteroatoms. The SMILES string of the molecule is c1ccc(-c2cc(-c3ccccc3)nc(-c3ccc4c5ccccc5n(-c5cc(-c6cccc7sc8ccccc8c67)c6oc7ccccc7c6c5)c4c3)n2)cc1. The smallest absolute Gasteiger partial charge is 0.160 e. The molecule has 0 amide bonds. The van der Waals surface area contributed by atoms with Crippen molar-refractivity contribution >= 4 is 75.3 Å². The summed E-state index contributed by atoms with van der Waals surface area (Å²) in [5.41, 5.74) is 12.1. The number of para-hydroxylation sites is 2. The van der Waals surface area contributed by atoms with Crippen molar-refractivity contribution < 1.29 is 4.42 Å². The molecule has 12 rings (SSSR count). The van der Waals surface area contributed by atoms with Gasteiger partial charge in [0.15, 0.2) is 5.82 Å². The molecule has 0 unspecified atom stereocenters. The lowest BCUT2D eigenvalue weighted by Crippen LogP contribution is -1.97. The number of fused-ring (bicyclic) bond motifs is 9. The van der Waals surface area contributed by atoms with Gasteiger partial charge in [0.2, 0.25) is 0 Å². The lowest BCUT2D eigenvalue weighted by molar-refractivity contribution is 0.670. The molecule has 266 valence electrons. The summed E-state index contributed by atoms with van der Waals surface area (Å²) in [5.74, 6) is 0.682. The fourth-order valence-corrected chi connectivity index (χ4v) is 9.75. The van der Waals surface area contributed by atoms with Crippen LogP contribution in [0.4, 0.5) is 0 Å². The number of thiophene rings is 1. The average molecular weight is 746 g/mol. The predicted molar refractivity (Wildman–Crippen MR) is 238 cm³/mol. The first-order chi connectivity index (χ1) is 28.2. The molecule has 0 aliphatic rings. The van der Waals surface area contributed by atoms with Crippen molar-refractivity contribution in [2.75, 3.05) is 0 Å². The fourth-order valence-electron chi connectivity index (χ4n) is 8.62. The van der Waals surface area contributed by atoms with Gasteiger partial charge < -0.3 is 8.98 Å². The Hall–Kier alpha value is -7.34. The molecule has 8 aromatic carbocycles. The molecular weight excluding hydrogens is 715 g/mol. The highest BCUT2D eigenvalue weighted by atomic mass is 32.1. The highest BCUT2D eigenvalue weighted by Gasteiger charge is 2.21. The molecule has 4 heterocycles. The van der Waals surface area contributed by atoms with Crippen LogP contribution in [-0.2, 0) is 0 Å². The number of aromatic nitrogens is 3. The number of hydrogen-bond acceptors (Lipinski definition) is 4. The Morgan fingerprint density at radius 3 is 1.86 bits per heavy atom. The fraction of sp³-hybridized carbons (Fsp3) is 0. The maximum absolute atomic E-state index is 6.77. The van der Waals surface area contributed by atoms with Crippen molar-refractivity contribution in [3.8, 4) is 50.7 Å². The summed E-state index contributed by atoms with van der Waals surface area (Å²) < 4.78 is 11.7. The summed E-state index contributed by atoms with van der Waals surface area (Å²) in [6.07, 6.45) is 0. The van der Waals surface area contributed by atoms with Gasteiger partial charge in [0, 0.05) is 69.7 Å². The van der Waals surface area contributed by atoms with Crippen LogP contribution in [0.1, 0.15) is 0 Å². The minimum absolute atomic E-state index is 0.682. The molecular formula is C52H31N3OS. The van der Waals surface area contributed by atoms with Gasteiger partial charge in [-0.15, -0.1) is 11.3 Å². The second-order valence-corrected chi connectivity index (χ2v) is 15.6.